The third kappa shape index (κ3) is 4.73. The van der Waals surface area contributed by atoms with Gasteiger partial charge in [-0.3, -0.25) is 0 Å². The maximum Gasteiger partial charge on any atom is 0.260 e. The molecule has 0 saturated carbocycles. The molecule has 1 aromatic rings. The summed E-state index contributed by atoms with van der Waals surface area (Å²) in [5.41, 5.74) is 0.298. The second-order valence-corrected chi connectivity index (χ2v) is 7.02. The van der Waals surface area contributed by atoms with Crippen molar-refractivity contribution in [2.24, 2.45) is 5.41 Å². The van der Waals surface area contributed by atoms with Crippen LogP contribution in [0.2, 0.25) is 0 Å². The maximum absolute atomic E-state index is 12.3. The molecule has 6 nitrogen and oxygen atoms in total. The van der Waals surface area contributed by atoms with E-state index in [0.29, 0.717) is 18.8 Å². The minimum Gasteiger partial charge on any atom is -0.386 e. The van der Waals surface area contributed by atoms with Crippen molar-refractivity contribution in [2.45, 2.75) is 25.3 Å². The van der Waals surface area contributed by atoms with Gasteiger partial charge in [0, 0.05) is 33.5 Å². The average Bonchev–Trinajstić information content (AvgIpc) is 2.43. The molecule has 20 heavy (non-hydrogen) atoms. The van der Waals surface area contributed by atoms with Gasteiger partial charge in [0.1, 0.15) is 0 Å². The monoisotopic (exact) mass is 301 g/mol. The van der Waals surface area contributed by atoms with Gasteiger partial charge in [-0.15, -0.1) is 0 Å². The van der Waals surface area contributed by atoms with Gasteiger partial charge in [-0.05, 0) is 24.0 Å². The van der Waals surface area contributed by atoms with Crippen LogP contribution < -0.4 is 10.0 Å². The van der Waals surface area contributed by atoms with Gasteiger partial charge in [0.2, 0.25) is 0 Å². The molecule has 0 bridgehead atoms. The molecule has 0 amide bonds. The molecule has 114 valence electrons. The number of ether oxygens (including phenoxy) is 1. The Bertz CT molecular complexity index is 529. The van der Waals surface area contributed by atoms with Crippen LogP contribution in [-0.4, -0.2) is 40.7 Å². The summed E-state index contributed by atoms with van der Waals surface area (Å²) in [7, 11) is -0.328. The highest BCUT2D eigenvalue weighted by Crippen LogP contribution is 2.21. The highest BCUT2D eigenvalue weighted by molar-refractivity contribution is 7.89. The van der Waals surface area contributed by atoms with Crippen molar-refractivity contribution < 1.29 is 13.2 Å². The number of anilines is 1. The smallest absolute Gasteiger partial charge is 0.260 e. The molecule has 0 atom stereocenters. The molecule has 2 N–H and O–H groups in total. The van der Waals surface area contributed by atoms with Crippen molar-refractivity contribution in [3.63, 3.8) is 0 Å². The molecule has 0 radical (unpaired) electrons. The number of hydrogen-bond donors (Lipinski definition) is 2. The van der Waals surface area contributed by atoms with Crippen molar-refractivity contribution in [1.29, 1.82) is 0 Å². The number of pyridine rings is 1. The predicted molar refractivity (Wildman–Crippen MR) is 79.2 cm³/mol. The highest BCUT2D eigenvalue weighted by atomic mass is 32.2. The number of rotatable bonds is 8. The summed E-state index contributed by atoms with van der Waals surface area (Å²) in [5.74, 6) is 0. The number of aromatic nitrogens is 1. The van der Waals surface area contributed by atoms with E-state index in [4.69, 9.17) is 4.74 Å². The molecular formula is C13H23N3O3S. The maximum atomic E-state index is 12.3. The zero-order chi connectivity index (χ0) is 15.2. The molecule has 0 spiro atoms. The van der Waals surface area contributed by atoms with Crippen LogP contribution in [-0.2, 0) is 14.8 Å². The molecule has 0 aliphatic rings. The van der Waals surface area contributed by atoms with Crippen molar-refractivity contribution in [1.82, 2.24) is 9.71 Å². The third-order valence-electron chi connectivity index (χ3n) is 3.02. The lowest BCUT2D eigenvalue weighted by atomic mass is 9.90. The number of nitrogens with one attached hydrogen (secondary N) is 2. The second-order valence-electron chi connectivity index (χ2n) is 5.34. The number of sulfonamides is 1. The largest absolute Gasteiger partial charge is 0.386 e. The lowest BCUT2D eigenvalue weighted by Gasteiger charge is -2.24. The number of methoxy groups -OCH3 is 1. The molecular weight excluding hydrogens is 278 g/mol. The lowest BCUT2D eigenvalue weighted by molar-refractivity contribution is 0.153. The van der Waals surface area contributed by atoms with E-state index in [0.717, 1.165) is 6.42 Å². The van der Waals surface area contributed by atoms with Gasteiger partial charge in [-0.2, -0.15) is 0 Å². The molecule has 0 fully saturated rings. The zero-order valence-electron chi connectivity index (χ0n) is 12.4. The Morgan fingerprint density at radius 3 is 2.70 bits per heavy atom. The first kappa shape index (κ1) is 16.9. The number of nitrogens with zero attached hydrogens (tertiary/aromatic N) is 1. The SMILES string of the molecule is CNc1cccnc1S(=O)(=O)NCC(C)(C)CCOC. The minimum atomic E-state index is -3.63. The van der Waals surface area contributed by atoms with Crippen LogP contribution in [0.1, 0.15) is 20.3 Å². The molecule has 7 heteroatoms. The van der Waals surface area contributed by atoms with E-state index in [1.807, 2.05) is 13.8 Å². The van der Waals surface area contributed by atoms with Crippen LogP contribution in [0, 0.1) is 5.41 Å². The van der Waals surface area contributed by atoms with Gasteiger partial charge in [0.05, 0.1) is 5.69 Å². The summed E-state index contributed by atoms with van der Waals surface area (Å²) in [4.78, 5) is 3.95. The van der Waals surface area contributed by atoms with E-state index in [2.05, 4.69) is 15.0 Å². The van der Waals surface area contributed by atoms with Gasteiger partial charge in [-0.1, -0.05) is 13.8 Å². The molecule has 1 aromatic heterocycles. The quantitative estimate of drug-likeness (QED) is 0.760. The Labute approximate surface area is 121 Å². The van der Waals surface area contributed by atoms with Gasteiger partial charge in [0.25, 0.3) is 10.0 Å². The van der Waals surface area contributed by atoms with Crippen LogP contribution in [0.3, 0.4) is 0 Å². The van der Waals surface area contributed by atoms with E-state index < -0.39 is 10.0 Å². The fraction of sp³-hybridized carbons (Fsp3) is 0.615. The Morgan fingerprint density at radius 1 is 1.40 bits per heavy atom. The van der Waals surface area contributed by atoms with Crippen LogP contribution in [0.5, 0.6) is 0 Å². The summed E-state index contributed by atoms with van der Waals surface area (Å²) in [5, 5.41) is 2.85. The van der Waals surface area contributed by atoms with Crippen LogP contribution in [0.15, 0.2) is 23.4 Å². The average molecular weight is 301 g/mol. The third-order valence-corrected chi connectivity index (χ3v) is 4.38. The van der Waals surface area contributed by atoms with Crippen molar-refractivity contribution in [3.05, 3.63) is 18.3 Å². The van der Waals surface area contributed by atoms with Crippen molar-refractivity contribution >= 4 is 15.7 Å². The first-order chi connectivity index (χ1) is 9.32. The molecule has 0 aromatic carbocycles. The predicted octanol–water partition coefficient (Wildman–Crippen LogP) is 1.46. The fourth-order valence-electron chi connectivity index (χ4n) is 1.62. The standard InChI is InChI=1S/C13H23N3O3S/c1-13(2,7-9-19-4)10-16-20(17,18)12-11(14-3)6-5-8-15-12/h5-6,8,14,16H,7,9-10H2,1-4H3. The summed E-state index contributed by atoms with van der Waals surface area (Å²) in [6, 6.07) is 3.37. The van der Waals surface area contributed by atoms with E-state index in [1.54, 1.807) is 26.3 Å². The van der Waals surface area contributed by atoms with Gasteiger partial charge >= 0.3 is 0 Å². The summed E-state index contributed by atoms with van der Waals surface area (Å²) in [6.07, 6.45) is 2.23. The summed E-state index contributed by atoms with van der Waals surface area (Å²) in [6.45, 7) is 4.91. The van der Waals surface area contributed by atoms with E-state index >= 15 is 0 Å². The molecule has 1 heterocycles. The molecule has 1 rings (SSSR count). The van der Waals surface area contributed by atoms with Gasteiger partial charge in [0.15, 0.2) is 5.03 Å². The second kappa shape index (κ2) is 7.01. The number of hydrogen-bond acceptors (Lipinski definition) is 5. The fourth-order valence-corrected chi connectivity index (χ4v) is 3.00. The zero-order valence-corrected chi connectivity index (χ0v) is 13.3. The summed E-state index contributed by atoms with van der Waals surface area (Å²) < 4.78 is 32.2. The van der Waals surface area contributed by atoms with Crippen molar-refractivity contribution in [2.75, 3.05) is 32.6 Å². The van der Waals surface area contributed by atoms with E-state index in [9.17, 15) is 8.42 Å². The lowest BCUT2D eigenvalue weighted by Crippen LogP contribution is -2.35. The molecule has 0 aliphatic carbocycles. The van der Waals surface area contributed by atoms with Crippen LogP contribution in [0.25, 0.3) is 0 Å². The van der Waals surface area contributed by atoms with Gasteiger partial charge in [-0.25, -0.2) is 18.1 Å². The Morgan fingerprint density at radius 2 is 2.10 bits per heavy atom. The minimum absolute atomic E-state index is 0.0186. The Balaban J connectivity index is 2.80. The normalized spacial score (nSPS) is 12.4. The van der Waals surface area contributed by atoms with Gasteiger partial charge < -0.3 is 10.1 Å². The molecule has 0 saturated heterocycles. The first-order valence-corrected chi connectivity index (χ1v) is 7.92. The van der Waals surface area contributed by atoms with Crippen LogP contribution in [0.4, 0.5) is 5.69 Å². The Hall–Kier alpha value is -1.18. The Kier molecular flexibility index (Phi) is 5.91. The highest BCUT2D eigenvalue weighted by Gasteiger charge is 2.24. The van der Waals surface area contributed by atoms with Crippen molar-refractivity contribution in [3.8, 4) is 0 Å². The molecule has 0 unspecified atom stereocenters. The summed E-state index contributed by atoms with van der Waals surface area (Å²) >= 11 is 0. The molecule has 0 aliphatic heterocycles. The van der Waals surface area contributed by atoms with E-state index in [1.165, 1.54) is 6.20 Å². The van der Waals surface area contributed by atoms with E-state index in [-0.39, 0.29) is 10.4 Å². The topological polar surface area (TPSA) is 80.3 Å². The first-order valence-electron chi connectivity index (χ1n) is 6.44. The van der Waals surface area contributed by atoms with Crippen LogP contribution >= 0.6 is 0 Å².